The van der Waals surface area contributed by atoms with Crippen molar-refractivity contribution in [2.75, 3.05) is 19.8 Å². The molecule has 0 aliphatic carbocycles. The molecule has 0 aromatic heterocycles. The van der Waals surface area contributed by atoms with Crippen LogP contribution in [0.5, 0.6) is 0 Å². The second-order valence-electron chi connectivity index (χ2n) is 2.04. The topological polar surface area (TPSA) is 53.2 Å². The van der Waals surface area contributed by atoms with E-state index in [0.29, 0.717) is 13.2 Å². The van der Waals surface area contributed by atoms with Crippen LogP contribution in [0.2, 0.25) is 0 Å². The Hall–Kier alpha value is -0.590. The van der Waals surface area contributed by atoms with Gasteiger partial charge in [0.1, 0.15) is 5.41 Å². The minimum atomic E-state index is -0.556. The minimum absolute atomic E-state index is 0.0799. The maximum atomic E-state index is 8.53. The van der Waals surface area contributed by atoms with Crippen molar-refractivity contribution >= 4 is 0 Å². The number of aliphatic hydroxyl groups is 1. The van der Waals surface area contributed by atoms with Crippen LogP contribution < -0.4 is 0 Å². The van der Waals surface area contributed by atoms with Crippen LogP contribution in [0.25, 0.3) is 0 Å². The molecule has 1 N–H and O–H groups in total. The first-order valence-electron chi connectivity index (χ1n) is 2.43. The molecule has 1 rings (SSSR count). The van der Waals surface area contributed by atoms with Gasteiger partial charge >= 0.3 is 0 Å². The summed E-state index contributed by atoms with van der Waals surface area (Å²) in [5.74, 6) is 0. The van der Waals surface area contributed by atoms with Crippen LogP contribution in [0.4, 0.5) is 0 Å². The number of nitriles is 1. The van der Waals surface area contributed by atoms with Gasteiger partial charge < -0.3 is 9.84 Å². The standard InChI is InChI=1S/C5H7NO2/c6-1-5(2-7)3-8-4-5/h7H,2-4H2. The lowest BCUT2D eigenvalue weighted by Gasteiger charge is -2.32. The summed E-state index contributed by atoms with van der Waals surface area (Å²) in [6.07, 6.45) is 0. The molecule has 1 heterocycles. The largest absolute Gasteiger partial charge is 0.395 e. The van der Waals surface area contributed by atoms with Crippen molar-refractivity contribution in [1.82, 2.24) is 0 Å². The van der Waals surface area contributed by atoms with E-state index in [1.807, 2.05) is 6.07 Å². The fourth-order valence-corrected chi connectivity index (χ4v) is 0.540. The van der Waals surface area contributed by atoms with E-state index in [-0.39, 0.29) is 6.61 Å². The van der Waals surface area contributed by atoms with E-state index in [0.717, 1.165) is 0 Å². The highest BCUT2D eigenvalue weighted by Gasteiger charge is 2.38. The van der Waals surface area contributed by atoms with Gasteiger partial charge in [-0.25, -0.2) is 0 Å². The Morgan fingerprint density at radius 1 is 1.75 bits per heavy atom. The zero-order valence-corrected chi connectivity index (χ0v) is 4.42. The van der Waals surface area contributed by atoms with Crippen LogP contribution in [-0.2, 0) is 4.74 Å². The molecule has 0 amide bonds. The van der Waals surface area contributed by atoms with E-state index in [4.69, 9.17) is 15.1 Å². The fourth-order valence-electron chi connectivity index (χ4n) is 0.540. The molecule has 0 saturated carbocycles. The van der Waals surface area contributed by atoms with Gasteiger partial charge in [0.05, 0.1) is 25.9 Å². The molecular formula is C5H7NO2. The molecule has 1 fully saturated rings. The average molecular weight is 113 g/mol. The lowest BCUT2D eigenvalue weighted by Crippen LogP contribution is -2.44. The molecule has 0 aromatic rings. The smallest absolute Gasteiger partial charge is 0.127 e. The van der Waals surface area contributed by atoms with Gasteiger partial charge in [-0.1, -0.05) is 0 Å². The van der Waals surface area contributed by atoms with Gasteiger partial charge in [-0.05, 0) is 0 Å². The molecule has 0 radical (unpaired) electrons. The van der Waals surface area contributed by atoms with Gasteiger partial charge in [-0.3, -0.25) is 0 Å². The molecule has 8 heavy (non-hydrogen) atoms. The van der Waals surface area contributed by atoms with E-state index < -0.39 is 5.41 Å². The quantitative estimate of drug-likeness (QED) is 0.499. The Morgan fingerprint density at radius 3 is 2.38 bits per heavy atom. The van der Waals surface area contributed by atoms with Crippen LogP contribution in [0.15, 0.2) is 0 Å². The van der Waals surface area contributed by atoms with Gasteiger partial charge in [0.25, 0.3) is 0 Å². The normalized spacial score (nSPS) is 23.5. The molecule has 1 saturated heterocycles. The third kappa shape index (κ3) is 0.585. The number of nitrogens with zero attached hydrogens (tertiary/aromatic N) is 1. The maximum absolute atomic E-state index is 8.53. The number of hydrogen-bond acceptors (Lipinski definition) is 3. The average Bonchev–Trinajstić information content (AvgIpc) is 1.67. The summed E-state index contributed by atoms with van der Waals surface area (Å²) >= 11 is 0. The molecule has 0 unspecified atom stereocenters. The summed E-state index contributed by atoms with van der Waals surface area (Å²) < 4.78 is 4.74. The third-order valence-electron chi connectivity index (χ3n) is 1.30. The minimum Gasteiger partial charge on any atom is -0.395 e. The second-order valence-corrected chi connectivity index (χ2v) is 2.04. The Labute approximate surface area is 47.5 Å². The number of rotatable bonds is 1. The maximum Gasteiger partial charge on any atom is 0.127 e. The van der Waals surface area contributed by atoms with Gasteiger partial charge in [0, 0.05) is 0 Å². The predicted octanol–water partition coefficient (Wildman–Crippen LogP) is -0.481. The molecule has 0 atom stereocenters. The van der Waals surface area contributed by atoms with Gasteiger partial charge in [0.2, 0.25) is 0 Å². The zero-order valence-electron chi connectivity index (χ0n) is 4.42. The summed E-state index contributed by atoms with van der Waals surface area (Å²) in [5, 5.41) is 16.9. The third-order valence-corrected chi connectivity index (χ3v) is 1.30. The summed E-state index contributed by atoms with van der Waals surface area (Å²) in [6, 6.07) is 1.99. The molecule has 3 nitrogen and oxygen atoms in total. The first-order valence-corrected chi connectivity index (χ1v) is 2.43. The molecule has 1 aliphatic heterocycles. The first-order chi connectivity index (χ1) is 3.83. The highest BCUT2D eigenvalue weighted by molar-refractivity contribution is 5.03. The van der Waals surface area contributed by atoms with Crippen LogP contribution >= 0.6 is 0 Å². The number of ether oxygens (including phenoxy) is 1. The molecule has 0 spiro atoms. The molecule has 1 aliphatic rings. The Balaban J connectivity index is 2.49. The van der Waals surface area contributed by atoms with Crippen molar-refractivity contribution in [2.45, 2.75) is 0 Å². The van der Waals surface area contributed by atoms with E-state index in [2.05, 4.69) is 0 Å². The van der Waals surface area contributed by atoms with Crippen molar-refractivity contribution in [1.29, 1.82) is 5.26 Å². The highest BCUT2D eigenvalue weighted by atomic mass is 16.5. The van der Waals surface area contributed by atoms with Crippen LogP contribution in [0.3, 0.4) is 0 Å². The lowest BCUT2D eigenvalue weighted by molar-refractivity contribution is -0.101. The van der Waals surface area contributed by atoms with E-state index in [9.17, 15) is 0 Å². The van der Waals surface area contributed by atoms with Gasteiger partial charge in [-0.2, -0.15) is 5.26 Å². The lowest BCUT2D eigenvalue weighted by atomic mass is 9.89. The monoisotopic (exact) mass is 113 g/mol. The molecular weight excluding hydrogens is 106 g/mol. The van der Waals surface area contributed by atoms with E-state index in [1.54, 1.807) is 0 Å². The van der Waals surface area contributed by atoms with E-state index >= 15 is 0 Å². The van der Waals surface area contributed by atoms with Crippen LogP contribution in [0, 0.1) is 16.7 Å². The van der Waals surface area contributed by atoms with Crippen molar-refractivity contribution in [3.05, 3.63) is 0 Å². The Morgan fingerprint density at radius 2 is 2.38 bits per heavy atom. The van der Waals surface area contributed by atoms with Crippen molar-refractivity contribution in [3.63, 3.8) is 0 Å². The second kappa shape index (κ2) is 1.73. The molecule has 0 aromatic carbocycles. The summed E-state index contributed by atoms with van der Waals surface area (Å²) in [4.78, 5) is 0. The summed E-state index contributed by atoms with van der Waals surface area (Å²) in [7, 11) is 0. The van der Waals surface area contributed by atoms with Crippen LogP contribution in [0.1, 0.15) is 0 Å². The summed E-state index contributed by atoms with van der Waals surface area (Å²) in [5.41, 5.74) is -0.556. The number of hydrogen-bond donors (Lipinski definition) is 1. The molecule has 3 heteroatoms. The summed E-state index contributed by atoms with van der Waals surface area (Å²) in [6.45, 7) is 0.698. The fraction of sp³-hybridized carbons (Fsp3) is 0.800. The Bertz CT molecular complexity index is 117. The van der Waals surface area contributed by atoms with Crippen LogP contribution in [-0.4, -0.2) is 24.9 Å². The van der Waals surface area contributed by atoms with Crippen molar-refractivity contribution in [2.24, 2.45) is 5.41 Å². The zero-order chi connectivity index (χ0) is 6.04. The SMILES string of the molecule is N#CC1(CO)COC1. The first kappa shape index (κ1) is 5.54. The van der Waals surface area contributed by atoms with Gasteiger partial charge in [0.15, 0.2) is 0 Å². The molecule has 44 valence electrons. The van der Waals surface area contributed by atoms with Crippen molar-refractivity contribution in [3.8, 4) is 6.07 Å². The van der Waals surface area contributed by atoms with Crippen molar-refractivity contribution < 1.29 is 9.84 Å². The predicted molar refractivity (Wildman–Crippen MR) is 26.0 cm³/mol. The molecule has 0 bridgehead atoms. The highest BCUT2D eigenvalue weighted by Crippen LogP contribution is 2.24. The van der Waals surface area contributed by atoms with Gasteiger partial charge in [-0.15, -0.1) is 0 Å². The Kier molecular flexibility index (Phi) is 1.20. The number of aliphatic hydroxyl groups excluding tert-OH is 1. The van der Waals surface area contributed by atoms with E-state index in [1.165, 1.54) is 0 Å².